The highest BCUT2D eigenvalue weighted by atomic mass is 35.5. The lowest BCUT2D eigenvalue weighted by Gasteiger charge is -2.08. The molecule has 2 rings (SSSR count). The van der Waals surface area contributed by atoms with Gasteiger partial charge in [0, 0.05) is 10.7 Å². The number of anilines is 1. The SMILES string of the molecule is CCCCCOc1ccc(NC(=O)/C(C#N)=C/c2ccc(Cl)cc2)cc1. The van der Waals surface area contributed by atoms with Gasteiger partial charge in [-0.25, -0.2) is 0 Å². The molecule has 0 heterocycles. The van der Waals surface area contributed by atoms with E-state index in [9.17, 15) is 10.1 Å². The van der Waals surface area contributed by atoms with Crippen molar-refractivity contribution in [2.45, 2.75) is 26.2 Å². The molecule has 0 unspecified atom stereocenters. The molecule has 0 fully saturated rings. The molecule has 0 radical (unpaired) electrons. The molecular formula is C21H21ClN2O2. The molecule has 0 aliphatic carbocycles. The molecule has 26 heavy (non-hydrogen) atoms. The fourth-order valence-corrected chi connectivity index (χ4v) is 2.38. The Morgan fingerprint density at radius 2 is 1.85 bits per heavy atom. The van der Waals surface area contributed by atoms with Crippen molar-refractivity contribution in [1.82, 2.24) is 0 Å². The smallest absolute Gasteiger partial charge is 0.266 e. The van der Waals surface area contributed by atoms with E-state index in [0.29, 0.717) is 17.3 Å². The van der Waals surface area contributed by atoms with Gasteiger partial charge in [-0.3, -0.25) is 4.79 Å². The minimum atomic E-state index is -0.459. The number of halogens is 1. The largest absolute Gasteiger partial charge is 0.494 e. The summed E-state index contributed by atoms with van der Waals surface area (Å²) < 4.78 is 5.64. The van der Waals surface area contributed by atoms with Crippen molar-refractivity contribution in [3.05, 3.63) is 64.7 Å². The van der Waals surface area contributed by atoms with Crippen LogP contribution in [0.25, 0.3) is 6.08 Å². The van der Waals surface area contributed by atoms with E-state index in [2.05, 4.69) is 12.2 Å². The third-order valence-corrected chi connectivity index (χ3v) is 3.93. The minimum Gasteiger partial charge on any atom is -0.494 e. The van der Waals surface area contributed by atoms with Crippen LogP contribution >= 0.6 is 11.6 Å². The van der Waals surface area contributed by atoms with Crippen LogP contribution in [-0.4, -0.2) is 12.5 Å². The van der Waals surface area contributed by atoms with Crippen LogP contribution in [0.4, 0.5) is 5.69 Å². The number of hydrogen-bond acceptors (Lipinski definition) is 3. The second-order valence-electron chi connectivity index (χ2n) is 5.76. The Morgan fingerprint density at radius 1 is 1.15 bits per heavy atom. The van der Waals surface area contributed by atoms with Crippen LogP contribution in [0.2, 0.25) is 5.02 Å². The molecule has 2 aromatic carbocycles. The van der Waals surface area contributed by atoms with Gasteiger partial charge in [0.1, 0.15) is 17.4 Å². The highest BCUT2D eigenvalue weighted by molar-refractivity contribution is 6.30. The first-order chi connectivity index (χ1) is 12.6. The molecule has 0 atom stereocenters. The Bertz CT molecular complexity index is 790. The summed E-state index contributed by atoms with van der Waals surface area (Å²) in [6, 6.07) is 16.0. The molecule has 0 saturated heterocycles. The van der Waals surface area contributed by atoms with Crippen molar-refractivity contribution in [1.29, 1.82) is 5.26 Å². The molecular weight excluding hydrogens is 348 g/mol. The van der Waals surface area contributed by atoms with Crippen molar-refractivity contribution in [3.8, 4) is 11.8 Å². The molecule has 0 bridgehead atoms. The Kier molecular flexibility index (Phi) is 7.73. The lowest BCUT2D eigenvalue weighted by Crippen LogP contribution is -2.13. The summed E-state index contributed by atoms with van der Waals surface area (Å²) in [7, 11) is 0. The maximum absolute atomic E-state index is 12.3. The van der Waals surface area contributed by atoms with E-state index in [1.807, 2.05) is 6.07 Å². The fraction of sp³-hybridized carbons (Fsp3) is 0.238. The Hall–Kier alpha value is -2.77. The van der Waals surface area contributed by atoms with E-state index in [1.165, 1.54) is 6.08 Å². The number of carbonyl (C=O) groups is 1. The van der Waals surface area contributed by atoms with Crippen molar-refractivity contribution in [2.24, 2.45) is 0 Å². The fourth-order valence-electron chi connectivity index (χ4n) is 2.25. The predicted octanol–water partition coefficient (Wildman–Crippen LogP) is 5.45. The normalized spacial score (nSPS) is 10.9. The Labute approximate surface area is 159 Å². The summed E-state index contributed by atoms with van der Waals surface area (Å²) in [6.07, 6.45) is 4.84. The number of benzene rings is 2. The highest BCUT2D eigenvalue weighted by Crippen LogP contribution is 2.18. The number of hydrogen-bond donors (Lipinski definition) is 1. The molecule has 2 aromatic rings. The number of nitrogens with zero attached hydrogens (tertiary/aromatic N) is 1. The number of nitriles is 1. The zero-order valence-corrected chi connectivity index (χ0v) is 15.4. The van der Waals surface area contributed by atoms with Gasteiger partial charge in [0.15, 0.2) is 0 Å². The van der Waals surface area contributed by atoms with Crippen molar-refractivity contribution >= 4 is 29.3 Å². The monoisotopic (exact) mass is 368 g/mol. The summed E-state index contributed by atoms with van der Waals surface area (Å²) in [5.74, 6) is 0.301. The van der Waals surface area contributed by atoms with Crippen LogP contribution in [0.3, 0.4) is 0 Å². The second-order valence-corrected chi connectivity index (χ2v) is 6.19. The molecule has 1 N–H and O–H groups in total. The molecule has 0 spiro atoms. The molecule has 1 amide bonds. The number of rotatable bonds is 8. The number of carbonyl (C=O) groups excluding carboxylic acids is 1. The van der Waals surface area contributed by atoms with Gasteiger partial charge < -0.3 is 10.1 Å². The number of amides is 1. The van der Waals surface area contributed by atoms with Gasteiger partial charge in [0.05, 0.1) is 6.61 Å². The van der Waals surface area contributed by atoms with Gasteiger partial charge in [0.2, 0.25) is 0 Å². The first kappa shape index (κ1) is 19.6. The standard InChI is InChI=1S/C21H21ClN2O2/c1-2-3-4-13-26-20-11-9-19(10-12-20)24-21(25)17(15-23)14-16-5-7-18(22)8-6-16/h5-12,14H,2-4,13H2,1H3,(H,24,25)/b17-14+. The van der Waals surface area contributed by atoms with Gasteiger partial charge in [-0.1, -0.05) is 43.5 Å². The topological polar surface area (TPSA) is 62.1 Å². The molecule has 134 valence electrons. The molecule has 0 saturated carbocycles. The average molecular weight is 369 g/mol. The van der Waals surface area contributed by atoms with Gasteiger partial charge in [-0.05, 0) is 54.5 Å². The van der Waals surface area contributed by atoms with E-state index in [1.54, 1.807) is 48.5 Å². The van der Waals surface area contributed by atoms with Crippen LogP contribution in [0, 0.1) is 11.3 Å². The minimum absolute atomic E-state index is 0.0206. The third-order valence-electron chi connectivity index (χ3n) is 3.67. The van der Waals surface area contributed by atoms with E-state index in [0.717, 1.165) is 30.6 Å². The molecule has 4 nitrogen and oxygen atoms in total. The van der Waals surface area contributed by atoms with Gasteiger partial charge in [-0.15, -0.1) is 0 Å². The summed E-state index contributed by atoms with van der Waals surface area (Å²) in [5.41, 5.74) is 1.36. The van der Waals surface area contributed by atoms with Crippen molar-refractivity contribution in [3.63, 3.8) is 0 Å². The van der Waals surface area contributed by atoms with Gasteiger partial charge in [-0.2, -0.15) is 5.26 Å². The lowest BCUT2D eigenvalue weighted by atomic mass is 10.1. The van der Waals surface area contributed by atoms with Crippen LogP contribution in [-0.2, 0) is 4.79 Å². The van der Waals surface area contributed by atoms with Gasteiger partial charge >= 0.3 is 0 Å². The second kappa shape index (κ2) is 10.3. The first-order valence-corrected chi connectivity index (χ1v) is 8.91. The maximum Gasteiger partial charge on any atom is 0.266 e. The number of unbranched alkanes of at least 4 members (excludes halogenated alkanes) is 2. The van der Waals surface area contributed by atoms with Gasteiger partial charge in [0.25, 0.3) is 5.91 Å². The maximum atomic E-state index is 12.3. The van der Waals surface area contributed by atoms with E-state index in [-0.39, 0.29) is 5.57 Å². The summed E-state index contributed by atoms with van der Waals surface area (Å²) in [6.45, 7) is 2.83. The Morgan fingerprint density at radius 3 is 2.46 bits per heavy atom. The zero-order chi connectivity index (χ0) is 18.8. The molecule has 5 heteroatoms. The summed E-state index contributed by atoms with van der Waals surface area (Å²) >= 11 is 5.84. The first-order valence-electron chi connectivity index (χ1n) is 8.54. The van der Waals surface area contributed by atoms with Crippen LogP contribution < -0.4 is 10.1 Å². The summed E-state index contributed by atoms with van der Waals surface area (Å²) in [5, 5.41) is 12.6. The third kappa shape index (κ3) is 6.27. The zero-order valence-electron chi connectivity index (χ0n) is 14.7. The van der Waals surface area contributed by atoms with E-state index >= 15 is 0 Å². The molecule has 0 aromatic heterocycles. The van der Waals surface area contributed by atoms with Crippen LogP contribution in [0.5, 0.6) is 5.75 Å². The van der Waals surface area contributed by atoms with Crippen LogP contribution in [0.1, 0.15) is 31.7 Å². The number of ether oxygens (including phenoxy) is 1. The molecule has 0 aliphatic rings. The predicted molar refractivity (Wildman–Crippen MR) is 105 cm³/mol. The average Bonchev–Trinajstić information content (AvgIpc) is 2.66. The van der Waals surface area contributed by atoms with Crippen molar-refractivity contribution < 1.29 is 9.53 Å². The summed E-state index contributed by atoms with van der Waals surface area (Å²) in [4.78, 5) is 12.3. The number of nitrogens with one attached hydrogen (secondary N) is 1. The van der Waals surface area contributed by atoms with E-state index < -0.39 is 5.91 Å². The van der Waals surface area contributed by atoms with Crippen LogP contribution in [0.15, 0.2) is 54.1 Å². The van der Waals surface area contributed by atoms with Crippen molar-refractivity contribution in [2.75, 3.05) is 11.9 Å². The molecule has 0 aliphatic heterocycles. The van der Waals surface area contributed by atoms with E-state index in [4.69, 9.17) is 16.3 Å². The highest BCUT2D eigenvalue weighted by Gasteiger charge is 2.09. The lowest BCUT2D eigenvalue weighted by molar-refractivity contribution is -0.112. The quantitative estimate of drug-likeness (QED) is 0.382. The Balaban J connectivity index is 1.97.